The fourth-order valence-electron chi connectivity index (χ4n) is 3.78. The summed E-state index contributed by atoms with van der Waals surface area (Å²) in [5, 5.41) is 2.50. The third-order valence-electron chi connectivity index (χ3n) is 5.17. The summed E-state index contributed by atoms with van der Waals surface area (Å²) in [6.45, 7) is 1.38. The predicted molar refractivity (Wildman–Crippen MR) is 89.6 cm³/mol. The van der Waals surface area contributed by atoms with Crippen LogP contribution in [0.1, 0.15) is 42.7 Å². The van der Waals surface area contributed by atoms with Crippen LogP contribution in [0.15, 0.2) is 48.5 Å². The van der Waals surface area contributed by atoms with Crippen molar-refractivity contribution in [2.24, 2.45) is 0 Å². The maximum absolute atomic E-state index is 5.46. The lowest BCUT2D eigenvalue weighted by atomic mass is 9.82. The smallest absolute Gasteiger partial charge is 0.231 e. The monoisotopic (exact) mass is 310 g/mol. The Hall–Kier alpha value is -2.00. The van der Waals surface area contributed by atoms with Gasteiger partial charge in [0.25, 0.3) is 0 Å². The molecule has 4 rings (SSSR count). The van der Waals surface area contributed by atoms with Crippen molar-refractivity contribution in [2.75, 3.05) is 6.79 Å². The number of nitrogens with two attached hydrogens (primary N) is 1. The Morgan fingerprint density at radius 3 is 2.48 bits per heavy atom. The van der Waals surface area contributed by atoms with Gasteiger partial charge in [0.05, 0.1) is 6.04 Å². The minimum atomic E-state index is 0.353. The number of hydrogen-bond acceptors (Lipinski definition) is 2. The molecule has 3 heteroatoms. The largest absolute Gasteiger partial charge is 0.454 e. The van der Waals surface area contributed by atoms with E-state index >= 15 is 0 Å². The Bertz CT molecular complexity index is 648. The molecule has 23 heavy (non-hydrogen) atoms. The first-order valence-corrected chi connectivity index (χ1v) is 8.65. The van der Waals surface area contributed by atoms with Gasteiger partial charge >= 0.3 is 0 Å². The maximum Gasteiger partial charge on any atom is 0.231 e. The summed E-state index contributed by atoms with van der Waals surface area (Å²) >= 11 is 0. The molecule has 0 bridgehead atoms. The molecule has 0 spiro atoms. The number of quaternary nitrogens is 1. The van der Waals surface area contributed by atoms with E-state index in [-0.39, 0.29) is 0 Å². The second kappa shape index (κ2) is 6.63. The molecule has 0 atom stereocenters. The summed E-state index contributed by atoms with van der Waals surface area (Å²) in [6, 6.07) is 18.0. The molecule has 2 aliphatic rings. The Labute approximate surface area is 137 Å². The van der Waals surface area contributed by atoms with Gasteiger partial charge in [-0.3, -0.25) is 0 Å². The summed E-state index contributed by atoms with van der Waals surface area (Å²) in [7, 11) is 0. The van der Waals surface area contributed by atoms with Crippen LogP contribution in [0.2, 0.25) is 0 Å². The molecule has 3 nitrogen and oxygen atoms in total. The zero-order valence-electron chi connectivity index (χ0n) is 13.4. The summed E-state index contributed by atoms with van der Waals surface area (Å²) in [6.07, 6.45) is 5.24. The molecular weight excluding hydrogens is 286 g/mol. The van der Waals surface area contributed by atoms with E-state index in [2.05, 4.69) is 47.8 Å². The topological polar surface area (TPSA) is 35.1 Å². The molecule has 0 saturated heterocycles. The molecule has 2 aromatic carbocycles. The van der Waals surface area contributed by atoms with Crippen LogP contribution >= 0.6 is 0 Å². The van der Waals surface area contributed by atoms with Crippen molar-refractivity contribution in [1.82, 2.24) is 0 Å². The Kier molecular flexibility index (Phi) is 4.20. The van der Waals surface area contributed by atoms with Gasteiger partial charge in [0.2, 0.25) is 6.79 Å². The molecule has 0 aromatic heterocycles. The van der Waals surface area contributed by atoms with E-state index in [1.807, 2.05) is 6.07 Å². The van der Waals surface area contributed by atoms with Gasteiger partial charge < -0.3 is 14.8 Å². The molecule has 0 amide bonds. The number of ether oxygens (including phenoxy) is 2. The van der Waals surface area contributed by atoms with Gasteiger partial charge in [-0.05, 0) is 55.4 Å². The van der Waals surface area contributed by atoms with E-state index in [1.165, 1.54) is 36.8 Å². The molecule has 1 aliphatic carbocycles. The van der Waals surface area contributed by atoms with Crippen molar-refractivity contribution in [2.45, 2.75) is 44.2 Å². The zero-order valence-corrected chi connectivity index (χ0v) is 13.4. The van der Waals surface area contributed by atoms with E-state index < -0.39 is 0 Å². The summed E-state index contributed by atoms with van der Waals surface area (Å²) in [5.74, 6) is 2.52. The van der Waals surface area contributed by atoms with E-state index in [0.29, 0.717) is 6.79 Å². The van der Waals surface area contributed by atoms with Crippen LogP contribution in [-0.4, -0.2) is 12.8 Å². The molecule has 1 fully saturated rings. The third-order valence-corrected chi connectivity index (χ3v) is 5.17. The van der Waals surface area contributed by atoms with E-state index in [0.717, 1.165) is 30.0 Å². The molecule has 0 radical (unpaired) electrons. The standard InChI is InChI=1S/C20H23NO2/c1-2-4-16(5-3-1)17-7-9-18(10-8-17)21-13-15-6-11-19-20(12-15)23-14-22-19/h1-6,11-12,17-18,21H,7-10,13-14H2/p+1. The highest BCUT2D eigenvalue weighted by Gasteiger charge is 2.24. The molecule has 120 valence electrons. The minimum Gasteiger partial charge on any atom is -0.454 e. The summed E-state index contributed by atoms with van der Waals surface area (Å²) in [5.41, 5.74) is 2.83. The lowest BCUT2D eigenvalue weighted by Crippen LogP contribution is -2.88. The van der Waals surface area contributed by atoms with Crippen molar-refractivity contribution in [1.29, 1.82) is 0 Å². The lowest BCUT2D eigenvalue weighted by Gasteiger charge is -2.27. The van der Waals surface area contributed by atoms with Crippen molar-refractivity contribution in [3.63, 3.8) is 0 Å². The first kappa shape index (κ1) is 14.6. The van der Waals surface area contributed by atoms with Gasteiger partial charge in [0.15, 0.2) is 11.5 Å². The molecule has 2 N–H and O–H groups in total. The van der Waals surface area contributed by atoms with Crippen molar-refractivity contribution in [3.05, 3.63) is 59.7 Å². The van der Waals surface area contributed by atoms with E-state index in [1.54, 1.807) is 0 Å². The molecular formula is C20H24NO2+. The molecule has 2 aromatic rings. The third kappa shape index (κ3) is 3.35. The van der Waals surface area contributed by atoms with Gasteiger partial charge in [-0.2, -0.15) is 0 Å². The average Bonchev–Trinajstić information content (AvgIpc) is 3.09. The number of benzene rings is 2. The van der Waals surface area contributed by atoms with Crippen molar-refractivity contribution >= 4 is 0 Å². The highest BCUT2D eigenvalue weighted by Crippen LogP contribution is 2.33. The molecule has 1 saturated carbocycles. The second-order valence-electron chi connectivity index (χ2n) is 6.65. The van der Waals surface area contributed by atoms with Crippen LogP contribution in [0, 0.1) is 0 Å². The quantitative estimate of drug-likeness (QED) is 0.941. The van der Waals surface area contributed by atoms with Gasteiger partial charge in [0, 0.05) is 5.56 Å². The Balaban J connectivity index is 1.28. The fraction of sp³-hybridized carbons (Fsp3) is 0.400. The van der Waals surface area contributed by atoms with E-state index in [4.69, 9.17) is 9.47 Å². The SMILES string of the molecule is c1ccc(C2CCC([NH2+]Cc3ccc4c(c3)OCO4)CC2)cc1. The highest BCUT2D eigenvalue weighted by molar-refractivity contribution is 5.44. The molecule has 1 heterocycles. The van der Waals surface area contributed by atoms with Crippen LogP contribution in [0.3, 0.4) is 0 Å². The van der Waals surface area contributed by atoms with E-state index in [9.17, 15) is 0 Å². The number of rotatable bonds is 4. The summed E-state index contributed by atoms with van der Waals surface area (Å²) in [4.78, 5) is 0. The van der Waals surface area contributed by atoms with Crippen LogP contribution in [-0.2, 0) is 6.54 Å². The van der Waals surface area contributed by atoms with Crippen LogP contribution in [0.4, 0.5) is 0 Å². The Morgan fingerprint density at radius 2 is 1.65 bits per heavy atom. The highest BCUT2D eigenvalue weighted by atomic mass is 16.7. The summed E-state index contributed by atoms with van der Waals surface area (Å²) < 4.78 is 10.8. The Morgan fingerprint density at radius 1 is 0.870 bits per heavy atom. The van der Waals surface area contributed by atoms with Gasteiger partial charge in [-0.1, -0.05) is 30.3 Å². The maximum atomic E-state index is 5.46. The van der Waals surface area contributed by atoms with Crippen LogP contribution in [0.5, 0.6) is 11.5 Å². The van der Waals surface area contributed by atoms with Gasteiger partial charge in [0.1, 0.15) is 6.54 Å². The average molecular weight is 310 g/mol. The van der Waals surface area contributed by atoms with Crippen molar-refractivity contribution in [3.8, 4) is 11.5 Å². The first-order valence-electron chi connectivity index (χ1n) is 8.65. The lowest BCUT2D eigenvalue weighted by molar-refractivity contribution is -0.707. The van der Waals surface area contributed by atoms with Gasteiger partial charge in [-0.15, -0.1) is 0 Å². The van der Waals surface area contributed by atoms with Gasteiger partial charge in [-0.25, -0.2) is 0 Å². The first-order chi connectivity index (χ1) is 11.4. The number of hydrogen-bond donors (Lipinski definition) is 1. The van der Waals surface area contributed by atoms with Crippen molar-refractivity contribution < 1.29 is 14.8 Å². The minimum absolute atomic E-state index is 0.353. The molecule has 1 aliphatic heterocycles. The van der Waals surface area contributed by atoms with Crippen LogP contribution in [0.25, 0.3) is 0 Å². The molecule has 0 unspecified atom stereocenters. The zero-order chi connectivity index (χ0) is 15.5. The predicted octanol–water partition coefficient (Wildman–Crippen LogP) is 3.21. The van der Waals surface area contributed by atoms with Crippen LogP contribution < -0.4 is 14.8 Å². The number of fused-ring (bicyclic) bond motifs is 1. The second-order valence-corrected chi connectivity index (χ2v) is 6.65. The fourth-order valence-corrected chi connectivity index (χ4v) is 3.78. The normalized spacial score (nSPS) is 23.0.